The summed E-state index contributed by atoms with van der Waals surface area (Å²) in [7, 11) is 0. The summed E-state index contributed by atoms with van der Waals surface area (Å²) in [6, 6.07) is 13.8. The smallest absolute Gasteiger partial charge is 0.263 e. The monoisotopic (exact) mass is 568 g/mol. The lowest BCUT2D eigenvalue weighted by atomic mass is 9.69. The molecule has 4 atom stereocenters. The van der Waals surface area contributed by atoms with Gasteiger partial charge in [-0.3, -0.25) is 9.59 Å². The van der Waals surface area contributed by atoms with Gasteiger partial charge in [0.25, 0.3) is 5.95 Å². The van der Waals surface area contributed by atoms with E-state index in [1.807, 2.05) is 24.4 Å². The van der Waals surface area contributed by atoms with Crippen LogP contribution in [0, 0.1) is 23.2 Å². The zero-order valence-electron chi connectivity index (χ0n) is 23.3. The lowest BCUT2D eigenvalue weighted by Gasteiger charge is -2.38. The molecule has 0 spiro atoms. The molecule has 4 saturated carbocycles. The third-order valence-corrected chi connectivity index (χ3v) is 9.74. The summed E-state index contributed by atoms with van der Waals surface area (Å²) in [6.45, 7) is 0.361. The normalized spacial score (nSPS) is 25.4. The van der Waals surface area contributed by atoms with Crippen LogP contribution in [0.1, 0.15) is 43.2 Å². The van der Waals surface area contributed by atoms with Crippen molar-refractivity contribution in [2.45, 2.75) is 57.0 Å². The van der Waals surface area contributed by atoms with E-state index in [1.54, 1.807) is 24.3 Å². The van der Waals surface area contributed by atoms with Crippen LogP contribution < -0.4 is 16.0 Å². The first-order chi connectivity index (χ1) is 20.4. The second-order valence-electron chi connectivity index (χ2n) is 12.5. The number of nitrogens with zero attached hydrogens (tertiary/aromatic N) is 3. The molecule has 4 fully saturated rings. The molecule has 11 nitrogen and oxygen atoms in total. The highest BCUT2D eigenvalue weighted by atomic mass is 16.3. The highest BCUT2D eigenvalue weighted by Gasteiger charge is 2.59. The molecular formula is C31H36N8O3. The summed E-state index contributed by atoms with van der Waals surface area (Å²) in [5.41, 5.74) is 2.61. The molecule has 4 bridgehead atoms. The van der Waals surface area contributed by atoms with Crippen LogP contribution in [0.2, 0.25) is 0 Å². The number of aromatic hydroxyl groups is 1. The molecule has 0 aliphatic heterocycles. The van der Waals surface area contributed by atoms with Crippen molar-refractivity contribution >= 4 is 28.7 Å². The van der Waals surface area contributed by atoms with E-state index in [4.69, 9.17) is 0 Å². The lowest BCUT2D eigenvalue weighted by Crippen LogP contribution is -2.55. The number of nitrogens with one attached hydrogen (secondary N) is 5. The van der Waals surface area contributed by atoms with E-state index >= 15 is 0 Å². The summed E-state index contributed by atoms with van der Waals surface area (Å²) >= 11 is 0. The third kappa shape index (κ3) is 5.19. The quantitative estimate of drug-likeness (QED) is 0.162. The van der Waals surface area contributed by atoms with Crippen LogP contribution in [0.4, 0.5) is 5.95 Å². The number of amides is 2. The van der Waals surface area contributed by atoms with Crippen molar-refractivity contribution in [2.75, 3.05) is 11.9 Å². The molecule has 2 aromatic carbocycles. The van der Waals surface area contributed by atoms with Crippen LogP contribution in [0.15, 0.2) is 54.7 Å². The van der Waals surface area contributed by atoms with Crippen LogP contribution in [0.3, 0.4) is 0 Å². The van der Waals surface area contributed by atoms with Gasteiger partial charge in [-0.25, -0.2) is 0 Å². The van der Waals surface area contributed by atoms with Gasteiger partial charge >= 0.3 is 0 Å². The average Bonchev–Trinajstić information content (AvgIpc) is 3.76. The number of benzene rings is 2. The number of rotatable bonds is 11. The topological polar surface area (TPSA) is 161 Å². The maximum Gasteiger partial charge on any atom is 0.263 e. The number of aromatic nitrogens is 5. The van der Waals surface area contributed by atoms with Crippen molar-refractivity contribution < 1.29 is 14.7 Å². The summed E-state index contributed by atoms with van der Waals surface area (Å²) in [5, 5.41) is 34.4. The first-order valence-corrected chi connectivity index (χ1v) is 14.9. The fourth-order valence-electron chi connectivity index (χ4n) is 7.97. The molecule has 0 saturated heterocycles. The number of phenolic OH excluding ortho intramolecular Hbond substituents is 1. The molecule has 218 valence electrons. The van der Waals surface area contributed by atoms with E-state index in [0.717, 1.165) is 41.3 Å². The van der Waals surface area contributed by atoms with Gasteiger partial charge in [0, 0.05) is 30.1 Å². The SMILES string of the molecule is O=C(N[C@H](CNc1nn[nH]n1)Cc1c[nH]c2ccccc12)[C@H](Cc1ccc(O)cc1)NC(=O)C12CC3CC(C1)C(C3)C2. The summed E-state index contributed by atoms with van der Waals surface area (Å²) < 4.78 is 0. The molecular weight excluding hydrogens is 532 g/mol. The second kappa shape index (κ2) is 10.8. The predicted molar refractivity (Wildman–Crippen MR) is 156 cm³/mol. The number of carbonyl (C=O) groups is 2. The van der Waals surface area contributed by atoms with Crippen molar-refractivity contribution in [1.82, 2.24) is 36.2 Å². The number of fused-ring (bicyclic) bond motifs is 1. The molecule has 42 heavy (non-hydrogen) atoms. The number of H-pyrrole nitrogens is 2. The summed E-state index contributed by atoms with van der Waals surface area (Å²) in [6.07, 6.45) is 8.14. The van der Waals surface area contributed by atoms with Gasteiger partial charge in [-0.1, -0.05) is 35.4 Å². The Balaban J connectivity index is 1.12. The Hall–Kier alpha value is -4.41. The van der Waals surface area contributed by atoms with Crippen LogP contribution in [0.5, 0.6) is 5.75 Å². The van der Waals surface area contributed by atoms with Gasteiger partial charge in [-0.05, 0) is 90.8 Å². The van der Waals surface area contributed by atoms with Crippen LogP contribution in [-0.2, 0) is 22.4 Å². The largest absolute Gasteiger partial charge is 0.508 e. The van der Waals surface area contributed by atoms with Crippen molar-refractivity contribution in [3.05, 3.63) is 65.9 Å². The van der Waals surface area contributed by atoms with Gasteiger partial charge < -0.3 is 26.0 Å². The molecule has 2 amide bonds. The van der Waals surface area contributed by atoms with Crippen molar-refractivity contribution in [3.63, 3.8) is 0 Å². The molecule has 2 unspecified atom stereocenters. The van der Waals surface area contributed by atoms with Crippen molar-refractivity contribution in [3.8, 4) is 5.75 Å². The van der Waals surface area contributed by atoms with Gasteiger partial charge in [-0.15, -0.1) is 5.10 Å². The summed E-state index contributed by atoms with van der Waals surface area (Å²) in [5.74, 6) is 2.19. The Kier molecular flexibility index (Phi) is 6.79. The van der Waals surface area contributed by atoms with Crippen LogP contribution >= 0.6 is 0 Å². The molecule has 11 heteroatoms. The molecule has 4 aromatic rings. The minimum atomic E-state index is -0.760. The van der Waals surface area contributed by atoms with Gasteiger partial charge in [0.1, 0.15) is 11.8 Å². The Bertz CT molecular complexity index is 1550. The molecule has 2 heterocycles. The highest BCUT2D eigenvalue weighted by Crippen LogP contribution is 2.64. The number of hydrogen-bond donors (Lipinski definition) is 6. The predicted octanol–water partition coefficient (Wildman–Crippen LogP) is 3.08. The number of para-hydroxylation sites is 1. The third-order valence-electron chi connectivity index (χ3n) is 9.74. The van der Waals surface area contributed by atoms with E-state index in [1.165, 1.54) is 12.8 Å². The van der Waals surface area contributed by atoms with Gasteiger partial charge in [-0.2, -0.15) is 5.21 Å². The minimum Gasteiger partial charge on any atom is -0.508 e. The molecule has 6 N–H and O–H groups in total. The number of tetrazole rings is 1. The van der Waals surface area contributed by atoms with E-state index < -0.39 is 6.04 Å². The van der Waals surface area contributed by atoms with Crippen LogP contribution in [-0.4, -0.2) is 61.2 Å². The van der Waals surface area contributed by atoms with Gasteiger partial charge in [0.15, 0.2) is 0 Å². The number of phenols is 1. The Morgan fingerprint density at radius 2 is 1.79 bits per heavy atom. The average molecular weight is 569 g/mol. The standard InChI is InChI=1S/C31H36N8O3/c40-24-7-5-18(6-8-24)11-27(35-29(42)31-13-19-9-20(14-31)21(10-19)15-31)28(41)34-23(17-33-30-36-38-39-37-30)12-22-16-32-26-4-2-1-3-25(22)26/h1-8,16,19-21,23,27,32,40H,9-15,17H2,(H,34,41)(H,35,42)(H2,33,36,37,38,39)/t19?,20?,21?,23-,27-,31?/m0/s1. The molecule has 2 aromatic heterocycles. The summed E-state index contributed by atoms with van der Waals surface area (Å²) in [4.78, 5) is 31.2. The van der Waals surface area contributed by atoms with Crippen LogP contribution in [0.25, 0.3) is 10.9 Å². The Morgan fingerprint density at radius 1 is 1.00 bits per heavy atom. The first kappa shape index (κ1) is 26.5. The molecule has 8 rings (SSSR count). The van der Waals surface area contributed by atoms with E-state index in [0.29, 0.717) is 43.1 Å². The maximum atomic E-state index is 14.0. The molecule has 4 aliphatic carbocycles. The van der Waals surface area contributed by atoms with E-state index in [2.05, 4.69) is 47.6 Å². The fourth-order valence-corrected chi connectivity index (χ4v) is 7.97. The highest BCUT2D eigenvalue weighted by molar-refractivity contribution is 5.91. The zero-order chi connectivity index (χ0) is 28.7. The number of hydrogen-bond acceptors (Lipinski definition) is 7. The number of anilines is 1. The number of carbonyl (C=O) groups excluding carboxylic acids is 2. The first-order valence-electron chi connectivity index (χ1n) is 14.9. The van der Waals surface area contributed by atoms with Gasteiger partial charge in [0.2, 0.25) is 11.8 Å². The fraction of sp³-hybridized carbons (Fsp3) is 0.452. The van der Waals surface area contributed by atoms with E-state index in [-0.39, 0.29) is 29.0 Å². The second-order valence-corrected chi connectivity index (χ2v) is 12.5. The Labute approximate surface area is 243 Å². The minimum absolute atomic E-state index is 0.0106. The maximum absolute atomic E-state index is 14.0. The van der Waals surface area contributed by atoms with Gasteiger partial charge in [0.05, 0.1) is 11.5 Å². The Morgan fingerprint density at radius 3 is 2.52 bits per heavy atom. The number of aromatic amines is 2. The molecule has 4 aliphatic rings. The van der Waals surface area contributed by atoms with Crippen molar-refractivity contribution in [1.29, 1.82) is 0 Å². The zero-order valence-corrected chi connectivity index (χ0v) is 23.3. The van der Waals surface area contributed by atoms with Crippen molar-refractivity contribution in [2.24, 2.45) is 23.2 Å². The lowest BCUT2D eigenvalue weighted by molar-refractivity contribution is -0.137. The van der Waals surface area contributed by atoms with E-state index in [9.17, 15) is 14.7 Å². The molecule has 0 radical (unpaired) electrons.